The maximum Gasteiger partial charge on any atom is 0.170 e. The zero-order chi connectivity index (χ0) is 19.8. The Kier molecular flexibility index (Phi) is 5.02. The standard InChI is InChI=1S/C23H23ClN4S/c24-16-7-5-10-18(15-16)27-14-6-12-20(27)22-21(19-11-3-4-13-25-19)26-23(29)28(22)17-8-1-2-9-17/h3-7,10-15,17,21-22H,1-2,8-9H2,(H,26,29)/t21-,22-/m0/s1. The number of pyridine rings is 1. The highest BCUT2D eigenvalue weighted by atomic mass is 35.5. The van der Waals surface area contributed by atoms with Crippen molar-refractivity contribution < 1.29 is 0 Å². The van der Waals surface area contributed by atoms with Crippen LogP contribution in [0.1, 0.15) is 49.2 Å². The second kappa shape index (κ2) is 7.81. The summed E-state index contributed by atoms with van der Waals surface area (Å²) in [7, 11) is 0. The van der Waals surface area contributed by atoms with E-state index in [2.05, 4.69) is 50.2 Å². The predicted octanol–water partition coefficient (Wildman–Crippen LogP) is 5.44. The van der Waals surface area contributed by atoms with Crippen LogP contribution in [0.5, 0.6) is 0 Å². The van der Waals surface area contributed by atoms with Crippen LogP contribution in [0.4, 0.5) is 0 Å². The molecule has 1 N–H and O–H groups in total. The van der Waals surface area contributed by atoms with Gasteiger partial charge in [0.1, 0.15) is 0 Å². The van der Waals surface area contributed by atoms with Crippen molar-refractivity contribution in [3.8, 4) is 5.69 Å². The van der Waals surface area contributed by atoms with Crippen LogP contribution in [0, 0.1) is 0 Å². The van der Waals surface area contributed by atoms with Gasteiger partial charge in [0, 0.05) is 34.8 Å². The highest BCUT2D eigenvalue weighted by molar-refractivity contribution is 7.80. The topological polar surface area (TPSA) is 33.1 Å². The first kappa shape index (κ1) is 18.6. The Morgan fingerprint density at radius 3 is 2.66 bits per heavy atom. The van der Waals surface area contributed by atoms with Crippen LogP contribution in [0.15, 0.2) is 67.0 Å². The molecule has 0 unspecified atom stereocenters. The number of benzene rings is 1. The number of aromatic nitrogens is 2. The summed E-state index contributed by atoms with van der Waals surface area (Å²) in [6.07, 6.45) is 8.85. The molecule has 148 valence electrons. The Morgan fingerprint density at radius 2 is 1.90 bits per heavy atom. The molecular weight excluding hydrogens is 400 g/mol. The predicted molar refractivity (Wildman–Crippen MR) is 120 cm³/mol. The number of nitrogens with one attached hydrogen (secondary N) is 1. The quantitative estimate of drug-likeness (QED) is 0.567. The first-order chi connectivity index (χ1) is 14.2. The lowest BCUT2D eigenvalue weighted by Gasteiger charge is -2.33. The monoisotopic (exact) mass is 422 g/mol. The van der Waals surface area contributed by atoms with Crippen molar-refractivity contribution in [2.24, 2.45) is 0 Å². The van der Waals surface area contributed by atoms with Crippen molar-refractivity contribution in [2.45, 2.75) is 43.8 Å². The van der Waals surface area contributed by atoms with E-state index in [-0.39, 0.29) is 12.1 Å². The molecule has 1 aromatic carbocycles. The third-order valence-electron chi connectivity index (χ3n) is 6.02. The van der Waals surface area contributed by atoms with E-state index in [9.17, 15) is 0 Å². The average molecular weight is 423 g/mol. The van der Waals surface area contributed by atoms with Gasteiger partial charge in [-0.25, -0.2) is 0 Å². The zero-order valence-electron chi connectivity index (χ0n) is 16.0. The second-order valence-corrected chi connectivity index (χ2v) is 8.58. The van der Waals surface area contributed by atoms with Gasteiger partial charge in [-0.3, -0.25) is 4.98 Å². The summed E-state index contributed by atoms with van der Waals surface area (Å²) in [5.41, 5.74) is 3.27. The first-order valence-corrected chi connectivity index (χ1v) is 10.9. The summed E-state index contributed by atoms with van der Waals surface area (Å²) >= 11 is 12.1. The largest absolute Gasteiger partial charge is 0.352 e. The lowest BCUT2D eigenvalue weighted by molar-refractivity contribution is 0.239. The van der Waals surface area contributed by atoms with Gasteiger partial charge in [0.25, 0.3) is 0 Å². The third kappa shape index (κ3) is 3.43. The fourth-order valence-electron chi connectivity index (χ4n) is 4.75. The Balaban J connectivity index is 1.62. The van der Waals surface area contributed by atoms with Crippen LogP contribution in [-0.4, -0.2) is 25.6 Å². The smallest absolute Gasteiger partial charge is 0.170 e. The van der Waals surface area contributed by atoms with Gasteiger partial charge < -0.3 is 14.8 Å². The van der Waals surface area contributed by atoms with E-state index >= 15 is 0 Å². The van der Waals surface area contributed by atoms with Crippen LogP contribution in [0.2, 0.25) is 5.02 Å². The van der Waals surface area contributed by atoms with Crippen LogP contribution in [0.3, 0.4) is 0 Å². The molecule has 5 rings (SSSR count). The van der Waals surface area contributed by atoms with Gasteiger partial charge in [-0.15, -0.1) is 0 Å². The Hall–Kier alpha value is -2.37. The third-order valence-corrected chi connectivity index (χ3v) is 6.59. The Morgan fingerprint density at radius 1 is 1.03 bits per heavy atom. The van der Waals surface area contributed by atoms with Crippen LogP contribution < -0.4 is 5.32 Å². The molecule has 0 radical (unpaired) electrons. The summed E-state index contributed by atoms with van der Waals surface area (Å²) in [5, 5.41) is 5.14. The lowest BCUT2D eigenvalue weighted by atomic mass is 9.99. The highest BCUT2D eigenvalue weighted by Crippen LogP contribution is 2.43. The summed E-state index contributed by atoms with van der Waals surface area (Å²) in [5.74, 6) is 0. The van der Waals surface area contributed by atoms with Crippen LogP contribution >= 0.6 is 23.8 Å². The van der Waals surface area contributed by atoms with E-state index in [1.807, 2.05) is 36.5 Å². The zero-order valence-corrected chi connectivity index (χ0v) is 17.6. The minimum absolute atomic E-state index is 0.0112. The Bertz CT molecular complexity index is 1010. The Labute approximate surface area is 181 Å². The van der Waals surface area contributed by atoms with Crippen LogP contribution in [0.25, 0.3) is 5.69 Å². The van der Waals surface area contributed by atoms with Crippen molar-refractivity contribution in [3.05, 3.63) is 83.4 Å². The van der Waals surface area contributed by atoms with E-state index in [0.29, 0.717) is 6.04 Å². The average Bonchev–Trinajstić information content (AvgIpc) is 3.48. The van der Waals surface area contributed by atoms with E-state index in [4.69, 9.17) is 23.8 Å². The molecular formula is C23H23ClN4S. The number of thiocarbonyl (C=S) groups is 1. The molecule has 0 spiro atoms. The summed E-state index contributed by atoms with van der Waals surface area (Å²) < 4.78 is 2.23. The SMILES string of the molecule is S=C1N[C@@H](c2ccccn2)[C@H](c2cccn2-c2cccc(Cl)c2)N1C1CCCC1. The van der Waals surface area contributed by atoms with Crippen molar-refractivity contribution in [1.82, 2.24) is 19.8 Å². The van der Waals surface area contributed by atoms with Crippen molar-refractivity contribution in [3.63, 3.8) is 0 Å². The van der Waals surface area contributed by atoms with E-state index < -0.39 is 0 Å². The van der Waals surface area contributed by atoms with E-state index in [0.717, 1.165) is 21.5 Å². The number of hydrogen-bond donors (Lipinski definition) is 1. The fraction of sp³-hybridized carbons (Fsp3) is 0.304. The molecule has 3 heterocycles. The first-order valence-electron chi connectivity index (χ1n) is 10.2. The molecule has 3 aromatic rings. The van der Waals surface area contributed by atoms with Gasteiger partial charge in [-0.2, -0.15) is 0 Å². The summed E-state index contributed by atoms with van der Waals surface area (Å²) in [6.45, 7) is 0. The highest BCUT2D eigenvalue weighted by Gasteiger charge is 2.44. The molecule has 1 aliphatic heterocycles. The molecule has 1 aliphatic carbocycles. The van der Waals surface area contributed by atoms with Gasteiger partial charge in [-0.1, -0.05) is 36.6 Å². The minimum Gasteiger partial charge on any atom is -0.352 e. The van der Waals surface area contributed by atoms with Gasteiger partial charge in [0.2, 0.25) is 0 Å². The van der Waals surface area contributed by atoms with Crippen LogP contribution in [-0.2, 0) is 0 Å². The summed E-state index contributed by atoms with van der Waals surface area (Å²) in [4.78, 5) is 7.08. The van der Waals surface area contributed by atoms with Gasteiger partial charge >= 0.3 is 0 Å². The molecule has 1 saturated carbocycles. The molecule has 2 aromatic heterocycles. The molecule has 2 fully saturated rings. The number of hydrogen-bond acceptors (Lipinski definition) is 2. The fourth-order valence-corrected chi connectivity index (χ4v) is 5.33. The molecule has 1 saturated heterocycles. The molecule has 2 aliphatic rings. The maximum atomic E-state index is 6.29. The van der Waals surface area contributed by atoms with E-state index in [1.54, 1.807) is 0 Å². The normalized spacial score (nSPS) is 22.2. The van der Waals surface area contributed by atoms with Crippen molar-refractivity contribution in [2.75, 3.05) is 0 Å². The van der Waals surface area contributed by atoms with Gasteiger partial charge in [0.15, 0.2) is 5.11 Å². The number of halogens is 1. The molecule has 0 amide bonds. The molecule has 2 atom stereocenters. The van der Waals surface area contributed by atoms with Crippen molar-refractivity contribution in [1.29, 1.82) is 0 Å². The van der Waals surface area contributed by atoms with Crippen molar-refractivity contribution >= 4 is 28.9 Å². The minimum atomic E-state index is 0.0112. The molecule has 4 nitrogen and oxygen atoms in total. The summed E-state index contributed by atoms with van der Waals surface area (Å²) in [6, 6.07) is 18.9. The number of rotatable bonds is 4. The lowest BCUT2D eigenvalue weighted by Crippen LogP contribution is -2.38. The van der Waals surface area contributed by atoms with Gasteiger partial charge in [0.05, 0.1) is 17.8 Å². The molecule has 29 heavy (non-hydrogen) atoms. The molecule has 6 heteroatoms. The van der Waals surface area contributed by atoms with Gasteiger partial charge in [-0.05, 0) is 67.5 Å². The number of nitrogens with zero attached hydrogens (tertiary/aromatic N) is 3. The maximum absolute atomic E-state index is 6.29. The molecule has 0 bridgehead atoms. The second-order valence-electron chi connectivity index (χ2n) is 7.76. The van der Waals surface area contributed by atoms with E-state index in [1.165, 1.54) is 31.4 Å².